The number of anilines is 2. The number of hydrogen-bond acceptors (Lipinski definition) is 2. The molecular formula is C16H21N3O. The fourth-order valence-corrected chi connectivity index (χ4v) is 2.17. The Morgan fingerprint density at radius 3 is 2.75 bits per heavy atom. The molecule has 0 saturated heterocycles. The summed E-state index contributed by atoms with van der Waals surface area (Å²) in [6, 6.07) is 9.77. The van der Waals surface area contributed by atoms with Gasteiger partial charge in [-0.05, 0) is 44.0 Å². The van der Waals surface area contributed by atoms with Gasteiger partial charge in [-0.15, -0.1) is 0 Å². The number of aromatic nitrogens is 1. The SMILES string of the molecule is CCc1cccc(NC(=O)c2cc(N)cn2C(C)C)c1. The van der Waals surface area contributed by atoms with Crippen LogP contribution in [-0.4, -0.2) is 10.5 Å². The summed E-state index contributed by atoms with van der Waals surface area (Å²) < 4.78 is 1.88. The number of rotatable bonds is 4. The second kappa shape index (κ2) is 5.82. The van der Waals surface area contributed by atoms with Crippen molar-refractivity contribution in [2.24, 2.45) is 0 Å². The van der Waals surface area contributed by atoms with E-state index in [0.29, 0.717) is 11.4 Å². The van der Waals surface area contributed by atoms with Gasteiger partial charge in [-0.25, -0.2) is 0 Å². The monoisotopic (exact) mass is 271 g/mol. The number of carbonyl (C=O) groups is 1. The molecule has 0 aliphatic heterocycles. The first-order valence-corrected chi connectivity index (χ1v) is 6.89. The molecule has 0 atom stereocenters. The van der Waals surface area contributed by atoms with Gasteiger partial charge >= 0.3 is 0 Å². The highest BCUT2D eigenvalue weighted by Gasteiger charge is 2.15. The summed E-state index contributed by atoms with van der Waals surface area (Å²) in [5, 5.41) is 2.93. The van der Waals surface area contributed by atoms with E-state index in [0.717, 1.165) is 12.1 Å². The van der Waals surface area contributed by atoms with Gasteiger partial charge in [-0.1, -0.05) is 19.1 Å². The van der Waals surface area contributed by atoms with Crippen LogP contribution in [0.3, 0.4) is 0 Å². The third kappa shape index (κ3) is 3.02. The Labute approximate surface area is 119 Å². The van der Waals surface area contributed by atoms with Crippen molar-refractivity contribution in [1.29, 1.82) is 0 Å². The predicted molar refractivity (Wildman–Crippen MR) is 83.0 cm³/mol. The van der Waals surface area contributed by atoms with Gasteiger partial charge in [0.05, 0.1) is 5.69 Å². The van der Waals surface area contributed by atoms with E-state index >= 15 is 0 Å². The number of nitrogen functional groups attached to an aromatic ring is 1. The normalized spacial score (nSPS) is 10.8. The van der Waals surface area contributed by atoms with Crippen molar-refractivity contribution >= 4 is 17.3 Å². The fraction of sp³-hybridized carbons (Fsp3) is 0.312. The lowest BCUT2D eigenvalue weighted by atomic mass is 10.1. The molecule has 1 amide bonds. The van der Waals surface area contributed by atoms with Gasteiger partial charge in [0.15, 0.2) is 0 Å². The Bertz CT molecular complexity index is 614. The first kappa shape index (κ1) is 14.2. The Kier molecular flexibility index (Phi) is 4.13. The highest BCUT2D eigenvalue weighted by Crippen LogP contribution is 2.18. The third-order valence-electron chi connectivity index (χ3n) is 3.25. The zero-order valence-electron chi connectivity index (χ0n) is 12.2. The van der Waals surface area contributed by atoms with Crippen LogP contribution in [0.5, 0.6) is 0 Å². The molecule has 1 aromatic heterocycles. The van der Waals surface area contributed by atoms with Crippen molar-refractivity contribution in [3.05, 3.63) is 47.8 Å². The van der Waals surface area contributed by atoms with E-state index in [-0.39, 0.29) is 11.9 Å². The van der Waals surface area contributed by atoms with Crippen LogP contribution in [0, 0.1) is 0 Å². The second-order valence-electron chi connectivity index (χ2n) is 5.17. The van der Waals surface area contributed by atoms with Gasteiger partial charge in [0.1, 0.15) is 5.69 Å². The van der Waals surface area contributed by atoms with E-state index in [9.17, 15) is 4.79 Å². The van der Waals surface area contributed by atoms with Gasteiger partial charge in [-0.2, -0.15) is 0 Å². The number of carbonyl (C=O) groups excluding carboxylic acids is 1. The molecule has 20 heavy (non-hydrogen) atoms. The van der Waals surface area contributed by atoms with Crippen LogP contribution in [0.25, 0.3) is 0 Å². The molecule has 0 bridgehead atoms. The number of nitrogens with two attached hydrogens (primary N) is 1. The summed E-state index contributed by atoms with van der Waals surface area (Å²) in [6.07, 6.45) is 2.74. The summed E-state index contributed by atoms with van der Waals surface area (Å²) in [4.78, 5) is 12.4. The molecule has 1 heterocycles. The van der Waals surface area contributed by atoms with Crippen molar-refractivity contribution < 1.29 is 4.79 Å². The number of benzene rings is 1. The molecule has 0 aliphatic rings. The lowest BCUT2D eigenvalue weighted by molar-refractivity contribution is 0.101. The summed E-state index contributed by atoms with van der Waals surface area (Å²) in [7, 11) is 0. The molecule has 0 unspecified atom stereocenters. The summed E-state index contributed by atoms with van der Waals surface area (Å²) >= 11 is 0. The van der Waals surface area contributed by atoms with Crippen molar-refractivity contribution in [3.8, 4) is 0 Å². The van der Waals surface area contributed by atoms with E-state index < -0.39 is 0 Å². The first-order chi connectivity index (χ1) is 9.51. The molecule has 0 spiro atoms. The first-order valence-electron chi connectivity index (χ1n) is 6.89. The number of nitrogens with zero attached hydrogens (tertiary/aromatic N) is 1. The summed E-state index contributed by atoms with van der Waals surface area (Å²) in [5.41, 5.74) is 8.98. The molecule has 4 nitrogen and oxygen atoms in total. The maximum atomic E-state index is 12.4. The molecule has 3 N–H and O–H groups in total. The second-order valence-corrected chi connectivity index (χ2v) is 5.17. The fourth-order valence-electron chi connectivity index (χ4n) is 2.17. The molecule has 0 radical (unpaired) electrons. The van der Waals surface area contributed by atoms with E-state index in [1.54, 1.807) is 12.3 Å². The highest BCUT2D eigenvalue weighted by atomic mass is 16.1. The van der Waals surface area contributed by atoms with Gasteiger partial charge in [0, 0.05) is 17.9 Å². The van der Waals surface area contributed by atoms with E-state index in [4.69, 9.17) is 5.73 Å². The van der Waals surface area contributed by atoms with Crippen LogP contribution >= 0.6 is 0 Å². The van der Waals surface area contributed by atoms with E-state index in [1.807, 2.05) is 42.7 Å². The van der Waals surface area contributed by atoms with Crippen molar-refractivity contribution in [2.45, 2.75) is 33.2 Å². The zero-order chi connectivity index (χ0) is 14.7. The minimum absolute atomic E-state index is 0.136. The topological polar surface area (TPSA) is 60.1 Å². The number of hydrogen-bond donors (Lipinski definition) is 2. The number of nitrogens with one attached hydrogen (secondary N) is 1. The van der Waals surface area contributed by atoms with Gasteiger partial charge in [0.25, 0.3) is 5.91 Å². The van der Waals surface area contributed by atoms with Crippen LogP contribution in [0.1, 0.15) is 42.9 Å². The van der Waals surface area contributed by atoms with Gasteiger partial charge in [-0.3, -0.25) is 4.79 Å². The number of amides is 1. The largest absolute Gasteiger partial charge is 0.397 e. The van der Waals surface area contributed by atoms with Crippen molar-refractivity contribution in [3.63, 3.8) is 0 Å². The van der Waals surface area contributed by atoms with E-state index in [1.165, 1.54) is 5.56 Å². The lowest BCUT2D eigenvalue weighted by Gasteiger charge is -2.13. The molecule has 106 valence electrons. The molecule has 0 fully saturated rings. The van der Waals surface area contributed by atoms with Crippen LogP contribution in [0.2, 0.25) is 0 Å². The number of aryl methyl sites for hydroxylation is 1. The maximum Gasteiger partial charge on any atom is 0.272 e. The predicted octanol–water partition coefficient (Wildman–Crippen LogP) is 3.47. The minimum Gasteiger partial charge on any atom is -0.397 e. The Morgan fingerprint density at radius 2 is 2.10 bits per heavy atom. The minimum atomic E-state index is -0.136. The maximum absolute atomic E-state index is 12.4. The summed E-state index contributed by atoms with van der Waals surface area (Å²) in [6.45, 7) is 6.13. The van der Waals surface area contributed by atoms with Gasteiger partial charge in [0.2, 0.25) is 0 Å². The molecule has 2 rings (SSSR count). The van der Waals surface area contributed by atoms with Crippen LogP contribution in [-0.2, 0) is 6.42 Å². The Balaban J connectivity index is 2.23. The summed E-state index contributed by atoms with van der Waals surface area (Å²) in [5.74, 6) is -0.136. The van der Waals surface area contributed by atoms with Gasteiger partial charge < -0.3 is 15.6 Å². The quantitative estimate of drug-likeness (QED) is 0.894. The average Bonchev–Trinajstić information content (AvgIpc) is 2.81. The van der Waals surface area contributed by atoms with E-state index in [2.05, 4.69) is 12.2 Å². The Hall–Kier alpha value is -2.23. The van der Waals surface area contributed by atoms with Crippen LogP contribution in [0.15, 0.2) is 36.5 Å². The molecule has 2 aromatic rings. The molecular weight excluding hydrogens is 250 g/mol. The standard InChI is InChI=1S/C16H21N3O/c1-4-12-6-5-7-14(8-12)18-16(20)15-9-13(17)10-19(15)11(2)3/h5-11H,4,17H2,1-3H3,(H,18,20). The molecule has 0 aliphatic carbocycles. The third-order valence-corrected chi connectivity index (χ3v) is 3.25. The zero-order valence-corrected chi connectivity index (χ0v) is 12.2. The Morgan fingerprint density at radius 1 is 1.35 bits per heavy atom. The van der Waals surface area contributed by atoms with Crippen molar-refractivity contribution in [2.75, 3.05) is 11.1 Å². The van der Waals surface area contributed by atoms with Crippen molar-refractivity contribution in [1.82, 2.24) is 4.57 Å². The lowest BCUT2D eigenvalue weighted by Crippen LogP contribution is -2.17. The molecule has 4 heteroatoms. The molecule has 0 saturated carbocycles. The van der Waals surface area contributed by atoms with Crippen LogP contribution in [0.4, 0.5) is 11.4 Å². The highest BCUT2D eigenvalue weighted by molar-refractivity contribution is 6.03. The average molecular weight is 271 g/mol. The molecule has 1 aromatic carbocycles. The smallest absolute Gasteiger partial charge is 0.272 e. The van der Waals surface area contributed by atoms with Crippen LogP contribution < -0.4 is 11.1 Å².